The van der Waals surface area contributed by atoms with E-state index in [1.54, 1.807) is 4.90 Å². The quantitative estimate of drug-likeness (QED) is 0.197. The molecule has 42 heavy (non-hydrogen) atoms. The molecule has 0 bridgehead atoms. The molecule has 2 aliphatic heterocycles. The lowest BCUT2D eigenvalue weighted by molar-refractivity contribution is -0.128. The van der Waals surface area contributed by atoms with Crippen molar-refractivity contribution >= 4 is 39.8 Å². The van der Waals surface area contributed by atoms with Gasteiger partial charge in [-0.2, -0.15) is 9.97 Å². The van der Waals surface area contributed by atoms with Gasteiger partial charge in [-0.1, -0.05) is 30.3 Å². The number of carbonyl (C=O) groups is 1. The molecule has 1 atom stereocenters. The van der Waals surface area contributed by atoms with Crippen molar-refractivity contribution in [2.45, 2.75) is 44.4 Å². The van der Waals surface area contributed by atoms with Crippen LogP contribution in [-0.4, -0.2) is 83.8 Å². The summed E-state index contributed by atoms with van der Waals surface area (Å²) in [5, 5.41) is 2.66. The Morgan fingerprint density at radius 3 is 2.86 bits per heavy atom. The molecule has 1 saturated carbocycles. The lowest BCUT2D eigenvalue weighted by Gasteiger charge is -2.41. The molecule has 10 nitrogen and oxygen atoms in total. The summed E-state index contributed by atoms with van der Waals surface area (Å²) in [6, 6.07) is 5.94. The summed E-state index contributed by atoms with van der Waals surface area (Å²) in [5.74, 6) is 0.669. The fourth-order valence-electron chi connectivity index (χ4n) is 5.76. The van der Waals surface area contributed by atoms with E-state index in [9.17, 15) is 4.79 Å². The van der Waals surface area contributed by atoms with Crippen molar-refractivity contribution < 1.29 is 14.3 Å². The van der Waals surface area contributed by atoms with Crippen molar-refractivity contribution in [3.63, 3.8) is 0 Å². The van der Waals surface area contributed by atoms with Crippen molar-refractivity contribution in [1.29, 1.82) is 0 Å². The molecule has 1 amide bonds. The Hall–Kier alpha value is -3.94. The first-order valence-corrected chi connectivity index (χ1v) is 14.9. The summed E-state index contributed by atoms with van der Waals surface area (Å²) >= 11 is 6.65. The van der Waals surface area contributed by atoms with Crippen LogP contribution in [0, 0.1) is 6.57 Å². The predicted molar refractivity (Wildman–Crippen MR) is 162 cm³/mol. The summed E-state index contributed by atoms with van der Waals surface area (Å²) < 4.78 is 11.8. The van der Waals surface area contributed by atoms with Gasteiger partial charge in [-0.3, -0.25) is 9.78 Å². The lowest BCUT2D eigenvalue weighted by Crippen LogP contribution is -2.56. The van der Waals surface area contributed by atoms with Crippen LogP contribution >= 0.6 is 11.6 Å². The number of fused-ring (bicyclic) bond motifs is 2. The highest BCUT2D eigenvalue weighted by atomic mass is 35.5. The molecule has 0 spiro atoms. The molecule has 0 N–H and O–H groups in total. The molecule has 1 saturated heterocycles. The van der Waals surface area contributed by atoms with Gasteiger partial charge in [0, 0.05) is 55.1 Å². The Morgan fingerprint density at radius 2 is 2.05 bits per heavy atom. The Morgan fingerprint density at radius 1 is 1.17 bits per heavy atom. The van der Waals surface area contributed by atoms with E-state index < -0.39 is 0 Å². The van der Waals surface area contributed by atoms with Gasteiger partial charge in [-0.15, -0.1) is 0 Å². The Kier molecular flexibility index (Phi) is 8.40. The Labute approximate surface area is 250 Å². The van der Waals surface area contributed by atoms with Crippen LogP contribution in [0.3, 0.4) is 0 Å². The van der Waals surface area contributed by atoms with Crippen molar-refractivity contribution in [2.75, 3.05) is 55.7 Å². The first kappa shape index (κ1) is 28.2. The summed E-state index contributed by atoms with van der Waals surface area (Å²) in [5.41, 5.74) is 2.93. The standard InChI is InChI=1S/C31H34ClN7O3/c1-3-28(40)39-13-12-38(19-22(39)17-33-2)30-24-10-11-37(27-18-34-16-21-6-4-7-25(32)29(21)27)20-26(24)35-31(36-30)42-15-5-14-41-23-8-9-23/h3-4,6-7,16,18,22-23H,1,5,8-15,17,19-20H2/t22-/m0/s1. The summed E-state index contributed by atoms with van der Waals surface area (Å²) in [6.45, 7) is 15.3. The molecule has 6 rings (SSSR count). The summed E-state index contributed by atoms with van der Waals surface area (Å²) in [7, 11) is 0. The molecule has 0 unspecified atom stereocenters. The number of amides is 1. The largest absolute Gasteiger partial charge is 0.463 e. The molecular formula is C31H34ClN7O3. The number of pyridine rings is 1. The van der Waals surface area contributed by atoms with Crippen molar-refractivity contribution in [3.8, 4) is 6.01 Å². The molecule has 2 fully saturated rings. The molecule has 0 radical (unpaired) electrons. The van der Waals surface area contributed by atoms with Gasteiger partial charge in [0.05, 0.1) is 48.5 Å². The molecular weight excluding hydrogens is 554 g/mol. The number of ether oxygens (including phenoxy) is 2. The number of rotatable bonds is 10. The first-order chi connectivity index (χ1) is 20.6. The van der Waals surface area contributed by atoms with Crippen molar-refractivity contribution in [2.24, 2.45) is 0 Å². The fraction of sp³-hybridized carbons (Fsp3) is 0.452. The van der Waals surface area contributed by atoms with Crippen LogP contribution < -0.4 is 14.5 Å². The number of nitrogens with zero attached hydrogens (tertiary/aromatic N) is 7. The van der Waals surface area contributed by atoms with Crippen LogP contribution in [0.15, 0.2) is 43.2 Å². The number of halogens is 1. The molecule has 1 aromatic carbocycles. The molecule has 3 aromatic rings. The van der Waals surface area contributed by atoms with E-state index in [1.165, 1.54) is 6.08 Å². The number of carbonyl (C=O) groups excluding carboxylic acids is 1. The third-order valence-electron chi connectivity index (χ3n) is 8.02. The van der Waals surface area contributed by atoms with Gasteiger partial charge in [0.15, 0.2) is 0 Å². The lowest BCUT2D eigenvalue weighted by atomic mass is 10.0. The second kappa shape index (κ2) is 12.5. The van der Waals surface area contributed by atoms with Gasteiger partial charge < -0.3 is 29.0 Å². The minimum atomic E-state index is -0.250. The van der Waals surface area contributed by atoms with Gasteiger partial charge in [-0.05, 0) is 31.4 Å². The third-order valence-corrected chi connectivity index (χ3v) is 8.33. The van der Waals surface area contributed by atoms with Gasteiger partial charge in [0.25, 0.3) is 0 Å². The average molecular weight is 588 g/mol. The van der Waals surface area contributed by atoms with E-state index in [4.69, 9.17) is 37.6 Å². The van der Waals surface area contributed by atoms with Crippen molar-refractivity contribution in [1.82, 2.24) is 19.9 Å². The number of piperazine rings is 1. The number of anilines is 2. The van der Waals surface area contributed by atoms with Crippen LogP contribution in [0.1, 0.15) is 30.5 Å². The number of hydrogen-bond donors (Lipinski definition) is 0. The SMILES string of the molecule is [C-]#[N+]C[C@H]1CN(c2nc(OCCCOC3CC3)nc3c2CCN(c2cncc4cccc(Cl)c24)C3)CCN1C(=O)C=C. The van der Waals surface area contributed by atoms with Crippen molar-refractivity contribution in [3.05, 3.63) is 70.9 Å². The summed E-state index contributed by atoms with van der Waals surface area (Å²) in [4.78, 5) is 36.6. The van der Waals surface area contributed by atoms with Crippen LogP contribution in [0.5, 0.6) is 6.01 Å². The predicted octanol–water partition coefficient (Wildman–Crippen LogP) is 4.31. The minimum Gasteiger partial charge on any atom is -0.463 e. The zero-order valence-corrected chi connectivity index (χ0v) is 24.3. The second-order valence-electron chi connectivity index (χ2n) is 10.9. The van der Waals surface area contributed by atoms with Gasteiger partial charge in [0.1, 0.15) is 11.9 Å². The topological polar surface area (TPSA) is 88.3 Å². The van der Waals surface area contributed by atoms with Crippen LogP contribution in [0.25, 0.3) is 15.6 Å². The first-order valence-electron chi connectivity index (χ1n) is 14.5. The molecule has 4 heterocycles. The van der Waals surface area contributed by atoms with E-state index in [0.717, 1.165) is 65.8 Å². The highest BCUT2D eigenvalue weighted by Crippen LogP contribution is 2.36. The average Bonchev–Trinajstić information content (AvgIpc) is 3.84. The van der Waals surface area contributed by atoms with E-state index in [0.29, 0.717) is 56.5 Å². The van der Waals surface area contributed by atoms with Gasteiger partial charge in [-0.25, -0.2) is 6.57 Å². The second-order valence-corrected chi connectivity index (χ2v) is 11.3. The third kappa shape index (κ3) is 5.98. The molecule has 3 aliphatic rings. The van der Waals surface area contributed by atoms with E-state index in [2.05, 4.69) is 26.2 Å². The number of benzene rings is 1. The maximum absolute atomic E-state index is 12.5. The molecule has 2 aromatic heterocycles. The van der Waals surface area contributed by atoms with Crippen LogP contribution in [-0.2, 0) is 22.5 Å². The van der Waals surface area contributed by atoms with Gasteiger partial charge >= 0.3 is 6.01 Å². The molecule has 11 heteroatoms. The zero-order chi connectivity index (χ0) is 29.1. The maximum Gasteiger partial charge on any atom is 0.318 e. The van der Waals surface area contributed by atoms with E-state index in [1.807, 2.05) is 30.6 Å². The monoisotopic (exact) mass is 587 g/mol. The van der Waals surface area contributed by atoms with Crippen LogP contribution in [0.4, 0.5) is 11.5 Å². The zero-order valence-electron chi connectivity index (χ0n) is 23.5. The highest BCUT2D eigenvalue weighted by molar-refractivity contribution is 6.36. The van der Waals surface area contributed by atoms with Gasteiger partial charge in [0.2, 0.25) is 12.5 Å². The smallest absolute Gasteiger partial charge is 0.318 e. The fourth-order valence-corrected chi connectivity index (χ4v) is 6.03. The van der Waals surface area contributed by atoms with E-state index in [-0.39, 0.29) is 18.5 Å². The molecule has 1 aliphatic carbocycles. The normalized spacial score (nSPS) is 18.5. The van der Waals surface area contributed by atoms with Crippen LogP contribution in [0.2, 0.25) is 5.02 Å². The van der Waals surface area contributed by atoms with E-state index >= 15 is 0 Å². The minimum absolute atomic E-state index is 0.150. The number of aromatic nitrogens is 3. The Balaban J connectivity index is 1.29. The highest BCUT2D eigenvalue weighted by Gasteiger charge is 2.35. The maximum atomic E-state index is 12.5. The number of hydrogen-bond acceptors (Lipinski definition) is 8. The summed E-state index contributed by atoms with van der Waals surface area (Å²) in [6.07, 6.45) is 9.20. The Bertz CT molecular complexity index is 1520. The molecule has 218 valence electrons.